The van der Waals surface area contributed by atoms with Crippen LogP contribution in [0.3, 0.4) is 0 Å². The van der Waals surface area contributed by atoms with Crippen LogP contribution in [0.4, 0.5) is 10.1 Å². The molecule has 0 radical (unpaired) electrons. The molecule has 2 amide bonds. The summed E-state index contributed by atoms with van der Waals surface area (Å²) < 4.78 is 13.0. The number of carbonyl (C=O) groups is 2. The van der Waals surface area contributed by atoms with E-state index in [4.69, 9.17) is 0 Å². The van der Waals surface area contributed by atoms with Crippen LogP contribution in [0.5, 0.6) is 0 Å². The lowest BCUT2D eigenvalue weighted by Crippen LogP contribution is -2.41. The molecule has 1 aromatic carbocycles. The highest BCUT2D eigenvalue weighted by atomic mass is 32.1. The van der Waals surface area contributed by atoms with Gasteiger partial charge in [0.15, 0.2) is 0 Å². The predicted octanol–water partition coefficient (Wildman–Crippen LogP) is 2.95. The maximum atomic E-state index is 13.0. The van der Waals surface area contributed by atoms with Crippen LogP contribution in [-0.4, -0.2) is 17.9 Å². The number of hydrogen-bond acceptors (Lipinski definition) is 3. The number of thiophene rings is 1. The van der Waals surface area contributed by atoms with Crippen LogP contribution in [0.2, 0.25) is 0 Å². The Balaban J connectivity index is 1.98. The standard InChI is InChI=1S/C15H15FN2O2S/c1-9-8-11(16)5-6-12(9)18-14(19)10(2)17-15(20)13-4-3-7-21-13/h3-8,10H,1-2H3,(H,17,20)(H,18,19)/t10-/m1/s1. The topological polar surface area (TPSA) is 58.2 Å². The van der Waals surface area contributed by atoms with E-state index >= 15 is 0 Å². The normalized spacial score (nSPS) is 11.8. The highest BCUT2D eigenvalue weighted by molar-refractivity contribution is 7.12. The van der Waals surface area contributed by atoms with Gasteiger partial charge in [0.2, 0.25) is 5.91 Å². The molecule has 2 rings (SSSR count). The van der Waals surface area contributed by atoms with Crippen molar-refractivity contribution in [3.63, 3.8) is 0 Å². The number of amides is 2. The number of nitrogens with one attached hydrogen (secondary N) is 2. The summed E-state index contributed by atoms with van der Waals surface area (Å²) in [6.07, 6.45) is 0. The summed E-state index contributed by atoms with van der Waals surface area (Å²) in [6, 6.07) is 6.88. The third-order valence-electron chi connectivity index (χ3n) is 2.93. The lowest BCUT2D eigenvalue weighted by Gasteiger charge is -2.15. The second-order valence-corrected chi connectivity index (χ2v) is 5.57. The van der Waals surface area contributed by atoms with Gasteiger partial charge in [0.05, 0.1) is 4.88 Å². The second-order valence-electron chi connectivity index (χ2n) is 4.62. The lowest BCUT2D eigenvalue weighted by atomic mass is 10.2. The van der Waals surface area contributed by atoms with Gasteiger partial charge in [0.25, 0.3) is 5.91 Å². The first-order valence-electron chi connectivity index (χ1n) is 6.39. The van der Waals surface area contributed by atoms with Crippen molar-refractivity contribution in [2.45, 2.75) is 19.9 Å². The number of halogens is 1. The molecule has 0 bridgehead atoms. The Hall–Kier alpha value is -2.21. The molecule has 1 atom stereocenters. The van der Waals surface area contributed by atoms with Gasteiger partial charge < -0.3 is 10.6 Å². The van der Waals surface area contributed by atoms with Crippen molar-refractivity contribution in [2.75, 3.05) is 5.32 Å². The molecule has 1 aromatic heterocycles. The van der Waals surface area contributed by atoms with Crippen molar-refractivity contribution in [1.29, 1.82) is 0 Å². The average molecular weight is 306 g/mol. The fourth-order valence-electron chi connectivity index (χ4n) is 1.75. The minimum Gasteiger partial charge on any atom is -0.340 e. The Bertz CT molecular complexity index is 656. The zero-order chi connectivity index (χ0) is 15.4. The molecule has 0 fully saturated rings. The first kappa shape index (κ1) is 15.2. The summed E-state index contributed by atoms with van der Waals surface area (Å²) in [5, 5.41) is 7.08. The van der Waals surface area contributed by atoms with Crippen molar-refractivity contribution in [3.8, 4) is 0 Å². The van der Waals surface area contributed by atoms with Gasteiger partial charge in [-0.25, -0.2) is 4.39 Å². The van der Waals surface area contributed by atoms with Gasteiger partial charge >= 0.3 is 0 Å². The first-order chi connectivity index (χ1) is 9.97. The quantitative estimate of drug-likeness (QED) is 0.912. The molecular weight excluding hydrogens is 291 g/mol. The zero-order valence-electron chi connectivity index (χ0n) is 11.6. The van der Waals surface area contributed by atoms with Crippen LogP contribution in [-0.2, 0) is 4.79 Å². The van der Waals surface area contributed by atoms with Gasteiger partial charge in [-0.3, -0.25) is 9.59 Å². The van der Waals surface area contributed by atoms with E-state index in [2.05, 4.69) is 10.6 Å². The van der Waals surface area contributed by atoms with E-state index in [-0.39, 0.29) is 17.6 Å². The summed E-state index contributed by atoms with van der Waals surface area (Å²) in [6.45, 7) is 3.30. The van der Waals surface area contributed by atoms with Crippen LogP contribution in [0, 0.1) is 12.7 Å². The zero-order valence-corrected chi connectivity index (χ0v) is 12.5. The van der Waals surface area contributed by atoms with Crippen molar-refractivity contribution < 1.29 is 14.0 Å². The molecule has 0 saturated heterocycles. The number of benzene rings is 1. The number of hydrogen-bond donors (Lipinski definition) is 2. The summed E-state index contributed by atoms with van der Waals surface area (Å²) in [4.78, 5) is 24.4. The maximum Gasteiger partial charge on any atom is 0.261 e. The van der Waals surface area contributed by atoms with E-state index < -0.39 is 6.04 Å². The third kappa shape index (κ3) is 3.88. The number of carbonyl (C=O) groups excluding carboxylic acids is 2. The monoisotopic (exact) mass is 306 g/mol. The second kappa shape index (κ2) is 6.49. The Morgan fingerprint density at radius 2 is 2.05 bits per heavy atom. The van der Waals surface area contributed by atoms with E-state index in [1.807, 2.05) is 0 Å². The van der Waals surface area contributed by atoms with E-state index in [0.29, 0.717) is 16.1 Å². The predicted molar refractivity (Wildman–Crippen MR) is 81.0 cm³/mol. The molecule has 6 heteroatoms. The smallest absolute Gasteiger partial charge is 0.261 e. The van der Waals surface area contributed by atoms with Crippen molar-refractivity contribution in [3.05, 3.63) is 52.0 Å². The van der Waals surface area contributed by atoms with Gasteiger partial charge in [0, 0.05) is 5.69 Å². The Kier molecular flexibility index (Phi) is 4.70. The Labute approximate surface area is 126 Å². The number of anilines is 1. The fraction of sp³-hybridized carbons (Fsp3) is 0.200. The molecule has 0 aliphatic heterocycles. The van der Waals surface area contributed by atoms with Gasteiger partial charge in [-0.05, 0) is 49.1 Å². The lowest BCUT2D eigenvalue weighted by molar-refractivity contribution is -0.117. The van der Waals surface area contributed by atoms with E-state index in [1.54, 1.807) is 31.4 Å². The number of aryl methyl sites for hydroxylation is 1. The molecule has 1 heterocycles. The van der Waals surface area contributed by atoms with Crippen molar-refractivity contribution in [2.24, 2.45) is 0 Å². The number of rotatable bonds is 4. The molecule has 0 unspecified atom stereocenters. The Morgan fingerprint density at radius 3 is 2.67 bits per heavy atom. The molecule has 0 spiro atoms. The molecule has 2 aromatic rings. The third-order valence-corrected chi connectivity index (χ3v) is 3.80. The summed E-state index contributed by atoms with van der Waals surface area (Å²) in [5.74, 6) is -0.998. The van der Waals surface area contributed by atoms with E-state index in [0.717, 1.165) is 0 Å². The van der Waals surface area contributed by atoms with Gasteiger partial charge in [-0.2, -0.15) is 0 Å². The summed E-state index contributed by atoms with van der Waals surface area (Å²) in [7, 11) is 0. The summed E-state index contributed by atoms with van der Waals surface area (Å²) >= 11 is 1.31. The fourth-order valence-corrected chi connectivity index (χ4v) is 2.38. The molecule has 21 heavy (non-hydrogen) atoms. The van der Waals surface area contributed by atoms with Gasteiger partial charge in [-0.15, -0.1) is 11.3 Å². The molecule has 4 nitrogen and oxygen atoms in total. The minimum atomic E-state index is -0.691. The van der Waals surface area contributed by atoms with Crippen LogP contribution in [0.25, 0.3) is 0 Å². The van der Waals surface area contributed by atoms with Gasteiger partial charge in [-0.1, -0.05) is 6.07 Å². The minimum absolute atomic E-state index is 0.288. The van der Waals surface area contributed by atoms with Crippen molar-refractivity contribution >= 4 is 28.8 Å². The van der Waals surface area contributed by atoms with Crippen LogP contribution in [0.15, 0.2) is 35.7 Å². The van der Waals surface area contributed by atoms with Crippen LogP contribution in [0.1, 0.15) is 22.2 Å². The molecule has 0 saturated carbocycles. The molecular formula is C15H15FN2O2S. The molecule has 0 aliphatic carbocycles. The highest BCUT2D eigenvalue weighted by Gasteiger charge is 2.17. The summed E-state index contributed by atoms with van der Waals surface area (Å²) in [5.41, 5.74) is 1.15. The first-order valence-corrected chi connectivity index (χ1v) is 7.26. The SMILES string of the molecule is Cc1cc(F)ccc1NC(=O)[C@@H](C)NC(=O)c1cccs1. The maximum absolute atomic E-state index is 13.0. The Morgan fingerprint density at radius 1 is 1.29 bits per heavy atom. The van der Waals surface area contributed by atoms with Crippen LogP contribution < -0.4 is 10.6 Å². The van der Waals surface area contributed by atoms with Gasteiger partial charge in [0.1, 0.15) is 11.9 Å². The van der Waals surface area contributed by atoms with E-state index in [9.17, 15) is 14.0 Å². The average Bonchev–Trinajstić information content (AvgIpc) is 2.95. The largest absolute Gasteiger partial charge is 0.340 e. The highest BCUT2D eigenvalue weighted by Crippen LogP contribution is 2.16. The van der Waals surface area contributed by atoms with Crippen molar-refractivity contribution in [1.82, 2.24) is 5.32 Å². The molecule has 0 aliphatic rings. The van der Waals surface area contributed by atoms with E-state index in [1.165, 1.54) is 29.5 Å². The molecule has 2 N–H and O–H groups in total. The van der Waals surface area contributed by atoms with Crippen LogP contribution >= 0.6 is 11.3 Å². The molecule has 110 valence electrons.